The molecule has 1 fully saturated rings. The van der Waals surface area contributed by atoms with Crippen molar-refractivity contribution in [3.05, 3.63) is 0 Å². The molecule has 0 heterocycles. The van der Waals surface area contributed by atoms with Gasteiger partial charge in [0.2, 0.25) is 5.91 Å². The van der Waals surface area contributed by atoms with E-state index in [9.17, 15) is 4.79 Å². The fourth-order valence-electron chi connectivity index (χ4n) is 2.41. The molecule has 1 aliphatic carbocycles. The topological polar surface area (TPSA) is 29.1 Å². The largest absolute Gasteiger partial charge is 0.356 e. The van der Waals surface area contributed by atoms with Crippen LogP contribution >= 0.6 is 15.9 Å². The standard InChI is InChI=1S/C14H26BrNO/c1-14(2,8-9-15)11-16-13(17)10-12-6-4-3-5-7-12/h12H,3-11H2,1-2H3,(H,16,17). The van der Waals surface area contributed by atoms with Crippen LogP contribution in [0.5, 0.6) is 0 Å². The van der Waals surface area contributed by atoms with E-state index in [1.807, 2.05) is 0 Å². The predicted octanol–water partition coefficient (Wildman–Crippen LogP) is 3.88. The number of amides is 1. The third-order valence-corrected chi connectivity index (χ3v) is 4.13. The van der Waals surface area contributed by atoms with Gasteiger partial charge in [0, 0.05) is 18.3 Å². The third kappa shape index (κ3) is 6.44. The average Bonchev–Trinajstić information content (AvgIpc) is 2.28. The van der Waals surface area contributed by atoms with Crippen molar-refractivity contribution in [3.8, 4) is 0 Å². The number of nitrogens with one attached hydrogen (secondary N) is 1. The number of alkyl halides is 1. The van der Waals surface area contributed by atoms with Crippen LogP contribution in [0.1, 0.15) is 58.8 Å². The van der Waals surface area contributed by atoms with E-state index in [2.05, 4.69) is 35.1 Å². The Morgan fingerprint density at radius 3 is 2.53 bits per heavy atom. The summed E-state index contributed by atoms with van der Waals surface area (Å²) in [6.07, 6.45) is 8.31. The Balaban J connectivity index is 2.20. The molecule has 0 aliphatic heterocycles. The van der Waals surface area contributed by atoms with Crippen molar-refractivity contribution in [1.82, 2.24) is 5.32 Å². The molecule has 1 rings (SSSR count). The minimum atomic E-state index is 0.200. The molecule has 0 radical (unpaired) electrons. The highest BCUT2D eigenvalue weighted by Crippen LogP contribution is 2.26. The zero-order chi connectivity index (χ0) is 12.7. The summed E-state index contributed by atoms with van der Waals surface area (Å²) in [5, 5.41) is 4.09. The van der Waals surface area contributed by atoms with Crippen LogP contribution in [0.25, 0.3) is 0 Å². The second-order valence-corrected chi connectivity index (χ2v) is 6.88. The zero-order valence-electron chi connectivity index (χ0n) is 11.2. The summed E-state index contributed by atoms with van der Waals surface area (Å²) in [4.78, 5) is 11.8. The Labute approximate surface area is 114 Å². The van der Waals surface area contributed by atoms with Gasteiger partial charge in [0.15, 0.2) is 0 Å². The second kappa shape index (κ2) is 7.40. The number of hydrogen-bond acceptors (Lipinski definition) is 1. The molecule has 1 N–H and O–H groups in total. The molecule has 1 saturated carbocycles. The molecule has 17 heavy (non-hydrogen) atoms. The highest BCUT2D eigenvalue weighted by atomic mass is 79.9. The molecule has 1 aliphatic rings. The fourth-order valence-corrected chi connectivity index (χ4v) is 3.48. The van der Waals surface area contributed by atoms with E-state index in [0.29, 0.717) is 5.92 Å². The fraction of sp³-hybridized carbons (Fsp3) is 0.929. The Bertz CT molecular complexity index is 234. The van der Waals surface area contributed by atoms with E-state index in [1.54, 1.807) is 0 Å². The van der Waals surface area contributed by atoms with Crippen molar-refractivity contribution in [2.24, 2.45) is 11.3 Å². The minimum Gasteiger partial charge on any atom is -0.356 e. The second-order valence-electron chi connectivity index (χ2n) is 6.09. The molecular weight excluding hydrogens is 278 g/mol. The third-order valence-electron chi connectivity index (χ3n) is 3.73. The Kier molecular flexibility index (Phi) is 6.53. The van der Waals surface area contributed by atoms with Crippen molar-refractivity contribution in [1.29, 1.82) is 0 Å². The van der Waals surface area contributed by atoms with E-state index in [1.165, 1.54) is 32.1 Å². The molecule has 3 heteroatoms. The summed E-state index contributed by atoms with van der Waals surface area (Å²) < 4.78 is 0. The number of halogens is 1. The Hall–Kier alpha value is -0.0500. The molecule has 2 nitrogen and oxygen atoms in total. The Morgan fingerprint density at radius 1 is 1.29 bits per heavy atom. The quantitative estimate of drug-likeness (QED) is 0.741. The molecule has 0 aromatic heterocycles. The summed E-state index contributed by atoms with van der Waals surface area (Å²) in [7, 11) is 0. The van der Waals surface area contributed by atoms with Gasteiger partial charge in [0.25, 0.3) is 0 Å². The van der Waals surface area contributed by atoms with Gasteiger partial charge in [0.05, 0.1) is 0 Å². The molecule has 0 saturated heterocycles. The lowest BCUT2D eigenvalue weighted by atomic mass is 9.86. The highest BCUT2D eigenvalue weighted by molar-refractivity contribution is 9.09. The maximum atomic E-state index is 11.8. The smallest absolute Gasteiger partial charge is 0.220 e. The predicted molar refractivity (Wildman–Crippen MR) is 76.4 cm³/mol. The summed E-state index contributed by atoms with van der Waals surface area (Å²) in [6.45, 7) is 5.20. The molecule has 0 unspecified atom stereocenters. The normalized spacial score (nSPS) is 18.1. The van der Waals surface area contributed by atoms with E-state index in [4.69, 9.17) is 0 Å². The lowest BCUT2D eigenvalue weighted by Gasteiger charge is -2.25. The van der Waals surface area contributed by atoms with Crippen LogP contribution in [0.2, 0.25) is 0 Å². The maximum Gasteiger partial charge on any atom is 0.220 e. The summed E-state index contributed by atoms with van der Waals surface area (Å²) in [5.41, 5.74) is 0.200. The SMILES string of the molecule is CC(C)(CCBr)CNC(=O)CC1CCCCC1. The first-order valence-electron chi connectivity index (χ1n) is 6.86. The average molecular weight is 304 g/mol. The van der Waals surface area contributed by atoms with Crippen molar-refractivity contribution in [2.45, 2.75) is 58.8 Å². The molecule has 0 aromatic carbocycles. The number of rotatable bonds is 6. The molecule has 0 atom stereocenters. The minimum absolute atomic E-state index is 0.200. The molecule has 0 bridgehead atoms. The van der Waals surface area contributed by atoms with Gasteiger partial charge in [-0.15, -0.1) is 0 Å². The Morgan fingerprint density at radius 2 is 1.94 bits per heavy atom. The molecule has 0 spiro atoms. The van der Waals surface area contributed by atoms with E-state index in [0.717, 1.165) is 24.7 Å². The van der Waals surface area contributed by atoms with Crippen LogP contribution in [0.3, 0.4) is 0 Å². The van der Waals surface area contributed by atoms with Gasteiger partial charge in [-0.2, -0.15) is 0 Å². The van der Waals surface area contributed by atoms with Gasteiger partial charge in [-0.05, 0) is 30.6 Å². The van der Waals surface area contributed by atoms with E-state index >= 15 is 0 Å². The van der Waals surface area contributed by atoms with Crippen LogP contribution in [0.15, 0.2) is 0 Å². The van der Waals surface area contributed by atoms with Crippen molar-refractivity contribution in [3.63, 3.8) is 0 Å². The number of carbonyl (C=O) groups excluding carboxylic acids is 1. The lowest BCUT2D eigenvalue weighted by molar-refractivity contribution is -0.122. The van der Waals surface area contributed by atoms with Gasteiger partial charge in [-0.25, -0.2) is 0 Å². The van der Waals surface area contributed by atoms with Gasteiger partial charge < -0.3 is 5.32 Å². The van der Waals surface area contributed by atoms with Gasteiger partial charge in [-0.1, -0.05) is 49.0 Å². The van der Waals surface area contributed by atoms with Crippen LogP contribution in [0, 0.1) is 11.3 Å². The van der Waals surface area contributed by atoms with Crippen molar-refractivity contribution in [2.75, 3.05) is 11.9 Å². The van der Waals surface area contributed by atoms with Crippen LogP contribution < -0.4 is 5.32 Å². The monoisotopic (exact) mass is 303 g/mol. The first-order chi connectivity index (χ1) is 8.03. The van der Waals surface area contributed by atoms with Crippen molar-refractivity contribution >= 4 is 21.8 Å². The van der Waals surface area contributed by atoms with Crippen LogP contribution in [-0.4, -0.2) is 17.8 Å². The zero-order valence-corrected chi connectivity index (χ0v) is 12.8. The van der Waals surface area contributed by atoms with Crippen LogP contribution in [-0.2, 0) is 4.79 Å². The summed E-state index contributed by atoms with van der Waals surface area (Å²) in [5.74, 6) is 0.891. The molecular formula is C14H26BrNO. The maximum absolute atomic E-state index is 11.8. The van der Waals surface area contributed by atoms with Crippen molar-refractivity contribution < 1.29 is 4.79 Å². The van der Waals surface area contributed by atoms with E-state index in [-0.39, 0.29) is 11.3 Å². The van der Waals surface area contributed by atoms with Gasteiger partial charge >= 0.3 is 0 Å². The van der Waals surface area contributed by atoms with Gasteiger partial charge in [-0.3, -0.25) is 4.79 Å². The highest BCUT2D eigenvalue weighted by Gasteiger charge is 2.20. The number of carbonyl (C=O) groups is 1. The molecule has 0 aromatic rings. The summed E-state index contributed by atoms with van der Waals surface area (Å²) in [6, 6.07) is 0. The first-order valence-corrected chi connectivity index (χ1v) is 7.98. The number of hydrogen-bond donors (Lipinski definition) is 1. The summed E-state index contributed by atoms with van der Waals surface area (Å²) >= 11 is 3.46. The van der Waals surface area contributed by atoms with Gasteiger partial charge in [0.1, 0.15) is 0 Å². The van der Waals surface area contributed by atoms with E-state index < -0.39 is 0 Å². The molecule has 1 amide bonds. The lowest BCUT2D eigenvalue weighted by Crippen LogP contribution is -2.35. The van der Waals surface area contributed by atoms with Crippen LogP contribution in [0.4, 0.5) is 0 Å². The first kappa shape index (κ1) is 15.0. The molecule has 100 valence electrons.